The number of piperidine rings is 1. The second-order valence-electron chi connectivity index (χ2n) is 4.81. The Kier molecular flexibility index (Phi) is 4.40. The van der Waals surface area contributed by atoms with Crippen molar-refractivity contribution in [2.24, 2.45) is 5.92 Å². The van der Waals surface area contributed by atoms with E-state index in [1.54, 1.807) is 0 Å². The Morgan fingerprint density at radius 2 is 2.17 bits per heavy atom. The van der Waals surface area contributed by atoms with Crippen molar-refractivity contribution in [1.29, 1.82) is 0 Å². The summed E-state index contributed by atoms with van der Waals surface area (Å²) in [6.45, 7) is 1.78. The van der Waals surface area contributed by atoms with E-state index in [2.05, 4.69) is 26.9 Å². The number of likely N-dealkylation sites (tertiary alicyclic amines) is 1. The van der Waals surface area contributed by atoms with Gasteiger partial charge in [0, 0.05) is 16.9 Å². The van der Waals surface area contributed by atoms with E-state index in [9.17, 15) is 4.79 Å². The van der Waals surface area contributed by atoms with Crippen molar-refractivity contribution >= 4 is 21.9 Å². The molecule has 0 amide bonds. The van der Waals surface area contributed by atoms with Crippen LogP contribution in [0.25, 0.3) is 0 Å². The monoisotopic (exact) mass is 311 g/mol. The van der Waals surface area contributed by atoms with Crippen LogP contribution in [0, 0.1) is 5.92 Å². The first-order chi connectivity index (χ1) is 8.63. The van der Waals surface area contributed by atoms with E-state index in [1.165, 1.54) is 12.7 Å². The molecule has 0 N–H and O–H groups in total. The first-order valence-corrected chi connectivity index (χ1v) is 6.93. The van der Waals surface area contributed by atoms with Crippen LogP contribution >= 0.6 is 15.9 Å². The molecule has 0 saturated carbocycles. The number of nitrogens with zero attached hydrogens (tertiary/aromatic N) is 1. The topological polar surface area (TPSA) is 29.5 Å². The van der Waals surface area contributed by atoms with Crippen molar-refractivity contribution in [3.8, 4) is 0 Å². The number of hydrogen-bond acceptors (Lipinski definition) is 3. The number of carbonyl (C=O) groups is 1. The molecule has 2 atom stereocenters. The molecule has 0 aliphatic carbocycles. The molecule has 1 fully saturated rings. The molecule has 2 rings (SSSR count). The molecule has 18 heavy (non-hydrogen) atoms. The van der Waals surface area contributed by atoms with Gasteiger partial charge in [0.1, 0.15) is 0 Å². The van der Waals surface area contributed by atoms with Gasteiger partial charge in [-0.1, -0.05) is 34.1 Å². The van der Waals surface area contributed by atoms with Crippen molar-refractivity contribution in [3.05, 3.63) is 34.3 Å². The van der Waals surface area contributed by atoms with E-state index in [0.29, 0.717) is 0 Å². The summed E-state index contributed by atoms with van der Waals surface area (Å²) in [6.07, 6.45) is 0.985. The summed E-state index contributed by atoms with van der Waals surface area (Å²) in [7, 11) is 3.51. The van der Waals surface area contributed by atoms with Crippen molar-refractivity contribution < 1.29 is 9.53 Å². The van der Waals surface area contributed by atoms with Crippen LogP contribution in [0.1, 0.15) is 17.9 Å². The van der Waals surface area contributed by atoms with Crippen LogP contribution < -0.4 is 0 Å². The highest BCUT2D eigenvalue weighted by Crippen LogP contribution is 2.36. The van der Waals surface area contributed by atoms with Gasteiger partial charge >= 0.3 is 5.97 Å². The zero-order valence-electron chi connectivity index (χ0n) is 10.7. The predicted molar refractivity (Wildman–Crippen MR) is 74.5 cm³/mol. The van der Waals surface area contributed by atoms with E-state index in [0.717, 1.165) is 24.0 Å². The summed E-state index contributed by atoms with van der Waals surface area (Å²) in [5.41, 5.74) is 1.21. The van der Waals surface area contributed by atoms with Crippen molar-refractivity contribution in [3.63, 3.8) is 0 Å². The van der Waals surface area contributed by atoms with Crippen molar-refractivity contribution in [2.75, 3.05) is 27.2 Å². The summed E-state index contributed by atoms with van der Waals surface area (Å²) >= 11 is 3.58. The lowest BCUT2D eigenvalue weighted by Gasteiger charge is -2.35. The summed E-state index contributed by atoms with van der Waals surface area (Å²) < 4.78 is 6.03. The van der Waals surface area contributed by atoms with Gasteiger partial charge in [-0.2, -0.15) is 0 Å². The summed E-state index contributed by atoms with van der Waals surface area (Å²) in [5.74, 6) is 0.0546. The molecule has 0 radical (unpaired) electrons. The molecular weight excluding hydrogens is 294 g/mol. The maximum Gasteiger partial charge on any atom is 0.310 e. The molecule has 1 aromatic rings. The Morgan fingerprint density at radius 3 is 2.83 bits per heavy atom. The number of hydrogen-bond donors (Lipinski definition) is 0. The first kappa shape index (κ1) is 13.6. The Balaban J connectivity index is 2.29. The van der Waals surface area contributed by atoms with Crippen LogP contribution in [0.15, 0.2) is 28.7 Å². The fourth-order valence-electron chi connectivity index (χ4n) is 2.65. The van der Waals surface area contributed by atoms with Crippen molar-refractivity contribution in [1.82, 2.24) is 4.90 Å². The number of carbonyl (C=O) groups excluding carboxylic acids is 1. The molecule has 1 heterocycles. The Hall–Kier alpha value is -0.870. The van der Waals surface area contributed by atoms with Gasteiger partial charge in [-0.15, -0.1) is 0 Å². The van der Waals surface area contributed by atoms with E-state index in [1.807, 2.05) is 25.2 Å². The highest BCUT2D eigenvalue weighted by atomic mass is 79.9. The lowest BCUT2D eigenvalue weighted by molar-refractivity contribution is -0.148. The number of halogens is 1. The lowest BCUT2D eigenvalue weighted by atomic mass is 9.80. The average Bonchev–Trinajstić information content (AvgIpc) is 2.39. The minimum atomic E-state index is -0.109. The third-order valence-corrected chi connectivity index (χ3v) is 4.35. The Labute approximate surface area is 116 Å². The highest BCUT2D eigenvalue weighted by molar-refractivity contribution is 9.10. The number of ether oxygens (including phenoxy) is 1. The van der Waals surface area contributed by atoms with Crippen LogP contribution in [-0.2, 0) is 9.53 Å². The molecule has 0 spiro atoms. The predicted octanol–water partition coefficient (Wildman–Crippen LogP) is 2.66. The molecule has 98 valence electrons. The molecule has 2 unspecified atom stereocenters. The second kappa shape index (κ2) is 5.85. The molecule has 4 heteroatoms. The zero-order chi connectivity index (χ0) is 13.1. The minimum absolute atomic E-state index is 0.0764. The number of rotatable bonds is 2. The SMILES string of the molecule is COC(=O)C1CN(C)CCC1c1ccccc1Br. The Bertz CT molecular complexity index is 436. The summed E-state index contributed by atoms with van der Waals surface area (Å²) in [4.78, 5) is 14.1. The number of esters is 1. The molecule has 1 aliphatic heterocycles. The number of methoxy groups -OCH3 is 1. The molecule has 1 saturated heterocycles. The van der Waals surface area contributed by atoms with E-state index < -0.39 is 0 Å². The van der Waals surface area contributed by atoms with Crippen LogP contribution in [-0.4, -0.2) is 38.1 Å². The maximum atomic E-state index is 11.9. The second-order valence-corrected chi connectivity index (χ2v) is 5.66. The fraction of sp³-hybridized carbons (Fsp3) is 0.500. The van der Waals surface area contributed by atoms with Crippen LogP contribution in [0.4, 0.5) is 0 Å². The number of benzene rings is 1. The zero-order valence-corrected chi connectivity index (χ0v) is 12.3. The third-order valence-electron chi connectivity index (χ3n) is 3.62. The van der Waals surface area contributed by atoms with Crippen molar-refractivity contribution in [2.45, 2.75) is 12.3 Å². The molecule has 1 aromatic carbocycles. The fourth-order valence-corrected chi connectivity index (χ4v) is 3.23. The van der Waals surface area contributed by atoms with Gasteiger partial charge in [-0.3, -0.25) is 4.79 Å². The van der Waals surface area contributed by atoms with Gasteiger partial charge in [-0.25, -0.2) is 0 Å². The third kappa shape index (κ3) is 2.75. The standard InChI is InChI=1S/C14H18BrNO2/c1-16-8-7-10(12(9-16)14(17)18-2)11-5-3-4-6-13(11)15/h3-6,10,12H,7-9H2,1-2H3. The van der Waals surface area contributed by atoms with Gasteiger partial charge in [0.05, 0.1) is 13.0 Å². The van der Waals surface area contributed by atoms with E-state index in [-0.39, 0.29) is 17.8 Å². The first-order valence-electron chi connectivity index (χ1n) is 6.14. The summed E-state index contributed by atoms with van der Waals surface area (Å²) in [5, 5.41) is 0. The molecule has 3 nitrogen and oxygen atoms in total. The van der Waals surface area contributed by atoms with E-state index in [4.69, 9.17) is 4.74 Å². The smallest absolute Gasteiger partial charge is 0.310 e. The molecular formula is C14H18BrNO2. The van der Waals surface area contributed by atoms with Gasteiger partial charge in [0.25, 0.3) is 0 Å². The lowest BCUT2D eigenvalue weighted by Crippen LogP contribution is -2.41. The maximum absolute atomic E-state index is 11.9. The molecule has 0 aromatic heterocycles. The van der Waals surface area contributed by atoms with Gasteiger partial charge < -0.3 is 9.64 Å². The van der Waals surface area contributed by atoms with Gasteiger partial charge in [0.2, 0.25) is 0 Å². The average molecular weight is 312 g/mol. The quantitative estimate of drug-likeness (QED) is 0.786. The van der Waals surface area contributed by atoms with Gasteiger partial charge in [-0.05, 0) is 31.6 Å². The van der Waals surface area contributed by atoms with E-state index >= 15 is 0 Å². The van der Waals surface area contributed by atoms with Crippen LogP contribution in [0.3, 0.4) is 0 Å². The highest BCUT2D eigenvalue weighted by Gasteiger charge is 2.35. The minimum Gasteiger partial charge on any atom is -0.469 e. The Morgan fingerprint density at radius 1 is 1.44 bits per heavy atom. The summed E-state index contributed by atoms with van der Waals surface area (Å²) in [6, 6.07) is 8.14. The molecule has 0 bridgehead atoms. The largest absolute Gasteiger partial charge is 0.469 e. The van der Waals surface area contributed by atoms with Crippen LogP contribution in [0.2, 0.25) is 0 Å². The molecule has 1 aliphatic rings. The normalized spacial score (nSPS) is 24.8. The van der Waals surface area contributed by atoms with Crippen LogP contribution in [0.5, 0.6) is 0 Å². The van der Waals surface area contributed by atoms with Gasteiger partial charge in [0.15, 0.2) is 0 Å².